The van der Waals surface area contributed by atoms with E-state index in [9.17, 15) is 8.42 Å². The summed E-state index contributed by atoms with van der Waals surface area (Å²) in [6, 6.07) is 0.331. The van der Waals surface area contributed by atoms with Crippen LogP contribution in [-0.4, -0.2) is 32.3 Å². The molecule has 0 atom stereocenters. The number of hydrogen-bond acceptors (Lipinski definition) is 3. The molecule has 96 valence electrons. The summed E-state index contributed by atoms with van der Waals surface area (Å²) in [4.78, 5) is 0. The van der Waals surface area contributed by atoms with Gasteiger partial charge in [0.1, 0.15) is 0 Å². The summed E-state index contributed by atoms with van der Waals surface area (Å²) in [7, 11) is -3.13. The fraction of sp³-hybridized carbons (Fsp3) is 1.00. The maximum absolute atomic E-state index is 11.8. The summed E-state index contributed by atoms with van der Waals surface area (Å²) < 4.78 is 26.5. The second kappa shape index (κ2) is 5.47. The summed E-state index contributed by atoms with van der Waals surface area (Å²) in [6.45, 7) is 6.55. The van der Waals surface area contributed by atoms with Gasteiger partial charge in [0.15, 0.2) is 0 Å². The minimum atomic E-state index is -3.13. The van der Waals surface area contributed by atoms with Crippen LogP contribution in [0.1, 0.15) is 46.5 Å². The van der Waals surface area contributed by atoms with Crippen molar-refractivity contribution in [2.24, 2.45) is 0 Å². The average molecular weight is 248 g/mol. The Kier molecular flexibility index (Phi) is 4.76. The molecule has 0 aromatic carbocycles. The van der Waals surface area contributed by atoms with Crippen molar-refractivity contribution in [1.82, 2.24) is 10.0 Å². The molecule has 0 bridgehead atoms. The summed E-state index contributed by atoms with van der Waals surface area (Å²) >= 11 is 0. The van der Waals surface area contributed by atoms with E-state index < -0.39 is 10.0 Å². The SMILES string of the molecule is CC(C)NCCS(=O)(=O)NC1(C)CCCC1. The van der Waals surface area contributed by atoms with E-state index in [1.165, 1.54) is 0 Å². The second-order valence-electron chi connectivity index (χ2n) is 5.30. The van der Waals surface area contributed by atoms with Gasteiger partial charge in [0.25, 0.3) is 0 Å². The van der Waals surface area contributed by atoms with E-state index in [2.05, 4.69) is 10.0 Å². The van der Waals surface area contributed by atoms with Crippen LogP contribution < -0.4 is 10.0 Å². The van der Waals surface area contributed by atoms with Crippen molar-refractivity contribution in [2.45, 2.75) is 58.0 Å². The lowest BCUT2D eigenvalue weighted by Crippen LogP contribution is -2.46. The Morgan fingerprint density at radius 2 is 1.81 bits per heavy atom. The Morgan fingerprint density at radius 1 is 1.25 bits per heavy atom. The Morgan fingerprint density at radius 3 is 2.31 bits per heavy atom. The third-order valence-corrected chi connectivity index (χ3v) is 4.58. The molecule has 0 saturated heterocycles. The van der Waals surface area contributed by atoms with Crippen molar-refractivity contribution >= 4 is 10.0 Å². The molecule has 0 aromatic heterocycles. The van der Waals surface area contributed by atoms with Gasteiger partial charge < -0.3 is 5.32 Å². The van der Waals surface area contributed by atoms with Crippen LogP contribution in [0.15, 0.2) is 0 Å². The van der Waals surface area contributed by atoms with Crippen LogP contribution in [0.2, 0.25) is 0 Å². The molecule has 0 aliphatic heterocycles. The van der Waals surface area contributed by atoms with Crippen LogP contribution >= 0.6 is 0 Å². The van der Waals surface area contributed by atoms with Crippen molar-refractivity contribution in [3.05, 3.63) is 0 Å². The normalized spacial score (nSPS) is 20.5. The molecule has 0 unspecified atom stereocenters. The number of rotatable bonds is 6. The molecular weight excluding hydrogens is 224 g/mol. The third-order valence-electron chi connectivity index (χ3n) is 3.03. The predicted molar refractivity (Wildman–Crippen MR) is 66.9 cm³/mol. The lowest BCUT2D eigenvalue weighted by Gasteiger charge is -2.25. The van der Waals surface area contributed by atoms with Gasteiger partial charge in [-0.25, -0.2) is 13.1 Å². The summed E-state index contributed by atoms with van der Waals surface area (Å²) in [5, 5.41) is 3.12. The Hall–Kier alpha value is -0.130. The monoisotopic (exact) mass is 248 g/mol. The van der Waals surface area contributed by atoms with Crippen molar-refractivity contribution in [3.63, 3.8) is 0 Å². The van der Waals surface area contributed by atoms with Gasteiger partial charge >= 0.3 is 0 Å². The first-order valence-electron chi connectivity index (χ1n) is 6.08. The first kappa shape index (κ1) is 13.9. The van der Waals surface area contributed by atoms with Gasteiger partial charge in [-0.15, -0.1) is 0 Å². The van der Waals surface area contributed by atoms with E-state index in [0.717, 1.165) is 25.7 Å². The Balaban J connectivity index is 2.39. The molecule has 0 amide bonds. The molecule has 0 heterocycles. The highest BCUT2D eigenvalue weighted by atomic mass is 32.2. The van der Waals surface area contributed by atoms with Crippen molar-refractivity contribution in [3.8, 4) is 0 Å². The number of sulfonamides is 1. The molecule has 1 saturated carbocycles. The Labute approximate surface area is 99.2 Å². The van der Waals surface area contributed by atoms with Crippen molar-refractivity contribution < 1.29 is 8.42 Å². The van der Waals surface area contributed by atoms with Crippen LogP contribution in [0.25, 0.3) is 0 Å². The van der Waals surface area contributed by atoms with E-state index >= 15 is 0 Å². The lowest BCUT2D eigenvalue weighted by molar-refractivity contribution is 0.427. The molecule has 4 nitrogen and oxygen atoms in total. The van der Waals surface area contributed by atoms with Crippen LogP contribution in [-0.2, 0) is 10.0 Å². The minimum absolute atomic E-state index is 0.167. The van der Waals surface area contributed by atoms with Crippen LogP contribution in [0.3, 0.4) is 0 Å². The highest BCUT2D eigenvalue weighted by molar-refractivity contribution is 7.89. The van der Waals surface area contributed by atoms with Gasteiger partial charge in [-0.2, -0.15) is 0 Å². The number of nitrogens with one attached hydrogen (secondary N) is 2. The number of hydrogen-bond donors (Lipinski definition) is 2. The zero-order valence-electron chi connectivity index (χ0n) is 10.5. The van der Waals surface area contributed by atoms with Gasteiger partial charge in [-0.1, -0.05) is 26.7 Å². The second-order valence-corrected chi connectivity index (χ2v) is 7.14. The standard InChI is InChI=1S/C11H24N2O2S/c1-10(2)12-8-9-16(14,15)13-11(3)6-4-5-7-11/h10,12-13H,4-9H2,1-3H3. The molecule has 1 fully saturated rings. The molecule has 0 radical (unpaired) electrons. The summed E-state index contributed by atoms with van der Waals surface area (Å²) in [6.07, 6.45) is 4.18. The van der Waals surface area contributed by atoms with Gasteiger partial charge in [0, 0.05) is 18.1 Å². The van der Waals surface area contributed by atoms with Gasteiger partial charge in [0.2, 0.25) is 10.0 Å². The van der Waals surface area contributed by atoms with Gasteiger partial charge in [0.05, 0.1) is 5.75 Å². The summed E-state index contributed by atoms with van der Waals surface area (Å²) in [5.74, 6) is 0.167. The molecule has 16 heavy (non-hydrogen) atoms. The molecular formula is C11H24N2O2S. The highest BCUT2D eigenvalue weighted by Gasteiger charge is 2.32. The lowest BCUT2D eigenvalue weighted by atomic mass is 10.0. The quantitative estimate of drug-likeness (QED) is 0.743. The maximum Gasteiger partial charge on any atom is 0.213 e. The maximum atomic E-state index is 11.8. The zero-order valence-corrected chi connectivity index (χ0v) is 11.4. The molecule has 1 rings (SSSR count). The molecule has 2 N–H and O–H groups in total. The van der Waals surface area contributed by atoms with E-state index in [1.807, 2.05) is 20.8 Å². The van der Waals surface area contributed by atoms with E-state index in [-0.39, 0.29) is 11.3 Å². The van der Waals surface area contributed by atoms with E-state index in [4.69, 9.17) is 0 Å². The summed E-state index contributed by atoms with van der Waals surface area (Å²) in [5.41, 5.74) is -0.198. The predicted octanol–water partition coefficient (Wildman–Crippen LogP) is 1.24. The molecule has 0 spiro atoms. The zero-order chi connectivity index (χ0) is 12.2. The van der Waals surface area contributed by atoms with Gasteiger partial charge in [-0.05, 0) is 19.8 Å². The van der Waals surface area contributed by atoms with E-state index in [0.29, 0.717) is 12.6 Å². The highest BCUT2D eigenvalue weighted by Crippen LogP contribution is 2.29. The molecule has 1 aliphatic carbocycles. The van der Waals surface area contributed by atoms with E-state index in [1.54, 1.807) is 0 Å². The van der Waals surface area contributed by atoms with Gasteiger partial charge in [-0.3, -0.25) is 0 Å². The first-order valence-corrected chi connectivity index (χ1v) is 7.73. The Bertz CT molecular complexity index is 306. The third kappa shape index (κ3) is 4.80. The first-order chi connectivity index (χ1) is 7.33. The van der Waals surface area contributed by atoms with Crippen molar-refractivity contribution in [1.29, 1.82) is 0 Å². The largest absolute Gasteiger partial charge is 0.313 e. The van der Waals surface area contributed by atoms with Crippen LogP contribution in [0.5, 0.6) is 0 Å². The smallest absolute Gasteiger partial charge is 0.213 e. The topological polar surface area (TPSA) is 58.2 Å². The van der Waals surface area contributed by atoms with Crippen LogP contribution in [0, 0.1) is 0 Å². The fourth-order valence-electron chi connectivity index (χ4n) is 2.17. The molecule has 0 aromatic rings. The van der Waals surface area contributed by atoms with Crippen LogP contribution in [0.4, 0.5) is 0 Å². The van der Waals surface area contributed by atoms with Crippen molar-refractivity contribution in [2.75, 3.05) is 12.3 Å². The fourth-order valence-corrected chi connectivity index (χ4v) is 3.61. The molecule has 5 heteroatoms. The molecule has 1 aliphatic rings. The minimum Gasteiger partial charge on any atom is -0.313 e. The average Bonchev–Trinajstić information content (AvgIpc) is 2.49.